The molecule has 676 valence electrons. The van der Waals surface area contributed by atoms with Crippen LogP contribution >= 0.6 is 0 Å². The number of carbonyl (C=O) groups is 4. The maximum absolute atomic E-state index is 13.3. The summed E-state index contributed by atoms with van der Waals surface area (Å²) in [7, 11) is 1.68. The van der Waals surface area contributed by atoms with E-state index in [1.165, 1.54) is 11.1 Å². The Morgan fingerprint density at radius 3 is 0.858 bits per heavy atom. The Kier molecular flexibility index (Phi) is 29.4. The molecule has 8 aromatic heterocycles. The van der Waals surface area contributed by atoms with Gasteiger partial charge in [0.25, 0.3) is 0 Å². The lowest BCUT2D eigenvalue weighted by molar-refractivity contribution is -0.133. The number of hydrogen-bond acceptors (Lipinski definition) is 26. The number of methoxy groups -OCH3 is 1. The first-order valence-corrected chi connectivity index (χ1v) is 44.9. The van der Waals surface area contributed by atoms with Gasteiger partial charge in [-0.25, -0.2) is 78.5 Å². The first-order valence-electron chi connectivity index (χ1n) is 44.9. The van der Waals surface area contributed by atoms with Gasteiger partial charge in [-0.2, -0.15) is 5.26 Å². The standard InChI is InChI=1S/C26H24N8O.C26H27N7O2.C25H25N7O.C23H25N7O/c27-12-11-20-7-9-22(10-8-20)25-30-24(21-5-2-1-3-6-21)31-34(25)19-23(35)32-15-17-33(18-16-32)26-28-13-4-14-29-26;1-35-19-20-8-10-22(11-9-20)25-29-24(21-6-3-2-4-7-21)30-33(25)18-23(34)31-14-16-32(17-15-31)26-27-12-5-13-28-26;1-19-8-10-21(11-9-19)24-28-23(20-6-3-2-4-7-20)29-32(24)18-22(33)30-14-16-31(17-15-30)25-26-12-5-13-27-25;31-20(28-13-15-29(16-14-28)23-24-11-6-12-25-23)17-30-22(19-9-4-5-10-19)26-21(27-30)18-7-2-1-3-8-18/h1-10,13-14H,11,15-19H2;2-13H,14-19H2,1H3;2-13H,14-18H2,1H3;1-3,6-9,11-12H,4-5,10,13-17H2. The lowest BCUT2D eigenvalue weighted by atomic mass is 10.1. The van der Waals surface area contributed by atoms with Crippen molar-refractivity contribution in [3.8, 4) is 85.8 Å². The molecule has 34 heteroatoms. The van der Waals surface area contributed by atoms with Crippen LogP contribution in [-0.4, -0.2) is 254 Å². The highest BCUT2D eigenvalue weighted by Crippen LogP contribution is 2.32. The fourth-order valence-electron chi connectivity index (χ4n) is 16.2. The monoisotopic (exact) mass is 1790 g/mol. The van der Waals surface area contributed by atoms with Gasteiger partial charge in [0.05, 0.1) is 19.1 Å². The summed E-state index contributed by atoms with van der Waals surface area (Å²) in [6.45, 7) is 13.7. The number of piperazine rings is 4. The third-order valence-corrected chi connectivity index (χ3v) is 23.5. The smallest absolute Gasteiger partial charge is 0.244 e. The maximum atomic E-state index is 13.3. The van der Waals surface area contributed by atoms with Crippen LogP contribution in [0.2, 0.25) is 0 Å². The van der Waals surface area contributed by atoms with Crippen molar-refractivity contribution in [3.63, 3.8) is 0 Å². The first-order chi connectivity index (χ1) is 65.9. The number of allylic oxidation sites excluding steroid dienone is 2. The number of aryl methyl sites for hydroxylation is 1. The molecule has 4 fully saturated rings. The van der Waals surface area contributed by atoms with Crippen molar-refractivity contribution in [2.45, 2.75) is 65.4 Å². The van der Waals surface area contributed by atoms with Crippen LogP contribution in [-0.2, 0) is 63.1 Å². The fourth-order valence-corrected chi connectivity index (χ4v) is 16.2. The van der Waals surface area contributed by atoms with E-state index in [1.807, 2.05) is 227 Å². The number of nitriles is 1. The predicted molar refractivity (Wildman–Crippen MR) is 508 cm³/mol. The normalized spacial score (nSPS) is 14.3. The number of aromatic nitrogens is 20. The second kappa shape index (κ2) is 43.9. The van der Waals surface area contributed by atoms with Gasteiger partial charge in [0.15, 0.2) is 46.6 Å². The van der Waals surface area contributed by atoms with Crippen molar-refractivity contribution in [2.24, 2.45) is 0 Å². The van der Waals surface area contributed by atoms with Crippen LogP contribution in [0.5, 0.6) is 0 Å². The molecule has 20 rings (SSSR count). The molecule has 7 aromatic carbocycles. The SMILES string of the molecule is COCc1ccc(-c2nc(-c3ccccc3)nn2CC(=O)N2CCN(c3ncccn3)CC2)cc1.Cc1ccc(-c2nc(-c3ccccc3)nn2CC(=O)N2CCN(c3ncccn3)CC2)cc1.N#CCc1ccc(-c2nc(-c3ccccc3)nn2CC(=O)N2CCN(c3ncccn3)CC2)cc1.O=C(Cn1nc(-c2ccccc2)nc1C1=CCCC1)N1CCN(c2ncccn2)CC1. The summed E-state index contributed by atoms with van der Waals surface area (Å²) in [5, 5.41) is 27.8. The Bertz CT molecular complexity index is 6420. The van der Waals surface area contributed by atoms with E-state index in [0.717, 1.165) is 88.2 Å². The van der Waals surface area contributed by atoms with Gasteiger partial charge in [0, 0.05) is 200 Å². The van der Waals surface area contributed by atoms with E-state index in [2.05, 4.69) is 76.7 Å². The van der Waals surface area contributed by atoms with Gasteiger partial charge < -0.3 is 43.9 Å². The molecule has 15 aromatic rings. The molecule has 0 N–H and O–H groups in total. The fraction of sp³-hybridized carbons (Fsp3) is 0.270. The average Bonchev–Trinajstić information content (AvgIpc) is 1.68. The van der Waals surface area contributed by atoms with Crippen LogP contribution in [0.4, 0.5) is 23.8 Å². The first kappa shape index (κ1) is 89.7. The number of rotatable bonds is 23. The van der Waals surface area contributed by atoms with E-state index in [0.29, 0.717) is 169 Å². The number of anilines is 4. The van der Waals surface area contributed by atoms with Crippen molar-refractivity contribution in [1.82, 2.24) is 119 Å². The molecule has 134 heavy (non-hydrogen) atoms. The second-order valence-corrected chi connectivity index (χ2v) is 32.4. The molecule has 0 spiro atoms. The Hall–Kier alpha value is -16.3. The highest BCUT2D eigenvalue weighted by atomic mass is 16.5. The predicted octanol–water partition coefficient (Wildman–Crippen LogP) is 11.4. The molecule has 0 atom stereocenters. The minimum Gasteiger partial charge on any atom is -0.380 e. The minimum absolute atomic E-state index is 0.00880. The van der Waals surface area contributed by atoms with E-state index in [-0.39, 0.29) is 49.8 Å². The molecule has 4 aliphatic heterocycles. The highest BCUT2D eigenvalue weighted by Gasteiger charge is 2.31. The number of hydrogen-bond donors (Lipinski definition) is 0. The summed E-state index contributed by atoms with van der Waals surface area (Å²) in [5.74, 6) is 8.16. The van der Waals surface area contributed by atoms with Crippen LogP contribution < -0.4 is 19.6 Å². The zero-order valence-corrected chi connectivity index (χ0v) is 74.7. The van der Waals surface area contributed by atoms with Gasteiger partial charge in [0.2, 0.25) is 47.4 Å². The summed E-state index contributed by atoms with van der Waals surface area (Å²) >= 11 is 0. The molecule has 0 saturated carbocycles. The van der Waals surface area contributed by atoms with Gasteiger partial charge in [-0.1, -0.05) is 206 Å². The molecule has 4 amide bonds. The van der Waals surface area contributed by atoms with Crippen LogP contribution in [0.25, 0.3) is 85.3 Å². The van der Waals surface area contributed by atoms with E-state index in [9.17, 15) is 19.2 Å². The molecule has 1 aliphatic carbocycles. The molecule has 0 bridgehead atoms. The molecule has 5 aliphatic rings. The van der Waals surface area contributed by atoms with Crippen molar-refractivity contribution < 1.29 is 23.9 Å². The molecule has 34 nitrogen and oxygen atoms in total. The van der Waals surface area contributed by atoms with Crippen molar-refractivity contribution in [3.05, 3.63) is 297 Å². The van der Waals surface area contributed by atoms with Gasteiger partial charge in [-0.15, -0.1) is 20.4 Å². The Morgan fingerprint density at radius 2 is 0.590 bits per heavy atom. The zero-order chi connectivity index (χ0) is 91.7. The van der Waals surface area contributed by atoms with Crippen LogP contribution in [0, 0.1) is 18.3 Å². The van der Waals surface area contributed by atoms with Gasteiger partial charge in [-0.05, 0) is 67.2 Å². The number of carbonyl (C=O) groups excluding carboxylic acids is 4. The Balaban J connectivity index is 0.000000125. The van der Waals surface area contributed by atoms with Crippen molar-refractivity contribution >= 4 is 53.0 Å². The molecule has 0 radical (unpaired) electrons. The number of amides is 4. The van der Waals surface area contributed by atoms with Crippen LogP contribution in [0.3, 0.4) is 0 Å². The number of nitrogens with zero attached hydrogens (tertiary/aromatic N) is 29. The van der Waals surface area contributed by atoms with Crippen LogP contribution in [0.15, 0.2) is 274 Å². The average molecular weight is 1790 g/mol. The van der Waals surface area contributed by atoms with E-state index in [1.54, 1.807) is 93.6 Å². The third-order valence-electron chi connectivity index (χ3n) is 23.5. The van der Waals surface area contributed by atoms with Gasteiger partial charge in [0.1, 0.15) is 26.2 Å². The number of benzene rings is 7. The zero-order valence-electron chi connectivity index (χ0n) is 74.7. The summed E-state index contributed by atoms with van der Waals surface area (Å²) in [4.78, 5) is 122. The second-order valence-electron chi connectivity index (χ2n) is 32.4. The molecule has 0 unspecified atom stereocenters. The quantitative estimate of drug-likeness (QED) is 0.0574. The van der Waals surface area contributed by atoms with Gasteiger partial charge in [-0.3, -0.25) is 19.2 Å². The minimum atomic E-state index is -0.00880. The largest absolute Gasteiger partial charge is 0.380 e. The summed E-state index contributed by atoms with van der Waals surface area (Å²) in [6, 6.07) is 72.5. The van der Waals surface area contributed by atoms with E-state index in [4.69, 9.17) is 45.2 Å². The summed E-state index contributed by atoms with van der Waals surface area (Å²) < 4.78 is 12.1. The third kappa shape index (κ3) is 22.7. The maximum Gasteiger partial charge on any atom is 0.244 e. The van der Waals surface area contributed by atoms with Crippen molar-refractivity contribution in [1.29, 1.82) is 5.26 Å². The molecule has 12 heterocycles. The van der Waals surface area contributed by atoms with Gasteiger partial charge >= 0.3 is 0 Å². The molecular weight excluding hydrogens is 1690 g/mol. The lowest BCUT2D eigenvalue weighted by Crippen LogP contribution is -2.50. The van der Waals surface area contributed by atoms with Crippen molar-refractivity contribution in [2.75, 3.05) is 131 Å². The summed E-state index contributed by atoms with van der Waals surface area (Å²) in [5.41, 5.74) is 10.7. The summed E-state index contributed by atoms with van der Waals surface area (Å²) in [6.07, 6.45) is 19.6. The Morgan fingerprint density at radius 1 is 0.321 bits per heavy atom. The van der Waals surface area contributed by atoms with E-state index >= 15 is 0 Å². The molecular formula is C100H101N29O5. The molecule has 4 saturated heterocycles. The Labute approximate surface area is 775 Å². The number of ether oxygens (including phenoxy) is 1. The highest BCUT2D eigenvalue weighted by molar-refractivity contribution is 5.80. The lowest BCUT2D eigenvalue weighted by Gasteiger charge is -2.34. The van der Waals surface area contributed by atoms with E-state index < -0.39 is 0 Å². The topological polar surface area (TPSA) is 353 Å². The van der Waals surface area contributed by atoms with Crippen LogP contribution in [0.1, 0.15) is 41.8 Å².